The summed E-state index contributed by atoms with van der Waals surface area (Å²) in [4.78, 5) is 5.85. The maximum atomic E-state index is 6.36. The van der Waals surface area contributed by atoms with E-state index in [9.17, 15) is 0 Å². The molecule has 4 nitrogen and oxygen atoms in total. The van der Waals surface area contributed by atoms with Crippen LogP contribution in [0.2, 0.25) is 0 Å². The topological polar surface area (TPSA) is 40.2 Å². The molecule has 0 amide bonds. The van der Waals surface area contributed by atoms with Crippen molar-refractivity contribution >= 4 is 45.0 Å². The zero-order valence-corrected chi connectivity index (χ0v) is 20.0. The van der Waals surface area contributed by atoms with Crippen molar-refractivity contribution < 1.29 is 8.70 Å². The molecule has 0 fully saturated rings. The molecule has 5 heteroatoms. The Kier molecular flexibility index (Phi) is 5.00. The van der Waals surface area contributed by atoms with E-state index in [0.717, 1.165) is 60.1 Å². The van der Waals surface area contributed by atoms with Crippen LogP contribution in [0.3, 0.4) is 0 Å². The van der Waals surface area contributed by atoms with Gasteiger partial charge in [0.2, 0.25) is 0 Å². The van der Waals surface area contributed by atoms with Crippen molar-refractivity contribution in [2.24, 2.45) is 0 Å². The van der Waals surface area contributed by atoms with Gasteiger partial charge in [0.25, 0.3) is 0 Å². The zero-order chi connectivity index (χ0) is 23.9. The predicted molar refractivity (Wildman–Crippen MR) is 147 cm³/mol. The quantitative estimate of drug-likeness (QED) is 0.230. The molecular weight excluding hydrogens is 464 g/mol. The van der Waals surface area contributed by atoms with Crippen LogP contribution in [0.15, 0.2) is 131 Å². The van der Waals surface area contributed by atoms with Gasteiger partial charge in [-0.2, -0.15) is 4.73 Å². The van der Waals surface area contributed by atoms with Crippen LogP contribution in [-0.4, -0.2) is 9.71 Å². The van der Waals surface area contributed by atoms with Gasteiger partial charge in [-0.25, -0.2) is 4.98 Å². The molecule has 0 atom stereocenters. The largest absolute Gasteiger partial charge is 0.455 e. The maximum absolute atomic E-state index is 6.36. The first-order valence-corrected chi connectivity index (χ1v) is 12.5. The molecule has 0 aliphatic carbocycles. The number of nitrogens with zero attached hydrogens (tertiary/aromatic N) is 2. The Bertz CT molecular complexity index is 1840. The average molecular weight is 485 g/mol. The van der Waals surface area contributed by atoms with Crippen LogP contribution in [0.25, 0.3) is 55.2 Å². The standard InChI is InChI=1S/C31H20N2O2S/c1-3-10-21(11-4-1)22-18-27-28(20-33(31(27)32-19-22)35-36-23-12-5-2-6-13-23)26-16-9-15-25-24-14-7-8-17-29(24)34-30(25)26/h1-20H. The van der Waals surface area contributed by atoms with Crippen molar-refractivity contribution in [2.75, 3.05) is 0 Å². The first kappa shape index (κ1) is 20.9. The fourth-order valence-corrected chi connectivity index (χ4v) is 5.21. The van der Waals surface area contributed by atoms with Gasteiger partial charge >= 0.3 is 0 Å². The molecule has 0 aliphatic heterocycles. The van der Waals surface area contributed by atoms with E-state index in [0.29, 0.717) is 0 Å². The SMILES string of the molecule is c1ccc(SOn2cc(-c3cccc4c3oc3ccccc34)c3cc(-c4ccccc4)cnc32)cc1. The highest BCUT2D eigenvalue weighted by atomic mass is 32.2. The Labute approximate surface area is 211 Å². The molecular formula is C31H20N2O2S. The number of aromatic nitrogens is 2. The first-order valence-electron chi connectivity index (χ1n) is 11.7. The fourth-order valence-electron chi connectivity index (χ4n) is 4.66. The molecule has 3 heterocycles. The van der Waals surface area contributed by atoms with Crippen LogP contribution in [0.1, 0.15) is 0 Å². The minimum atomic E-state index is 0.751. The third-order valence-electron chi connectivity index (χ3n) is 6.37. The predicted octanol–water partition coefficient (Wildman–Crippen LogP) is 8.41. The van der Waals surface area contributed by atoms with Gasteiger partial charge in [-0.05, 0) is 29.8 Å². The molecule has 0 saturated carbocycles. The van der Waals surface area contributed by atoms with Crippen LogP contribution in [0.5, 0.6) is 0 Å². The number of benzene rings is 4. The molecule has 172 valence electrons. The summed E-state index contributed by atoms with van der Waals surface area (Å²) in [6.45, 7) is 0. The number of rotatable bonds is 5. The van der Waals surface area contributed by atoms with Gasteiger partial charge in [-0.1, -0.05) is 84.9 Å². The highest BCUT2D eigenvalue weighted by molar-refractivity contribution is 7.94. The molecule has 0 bridgehead atoms. The molecule has 7 aromatic rings. The second kappa shape index (κ2) is 8.63. The summed E-state index contributed by atoms with van der Waals surface area (Å²) in [5, 5.41) is 3.20. The molecule has 4 aromatic carbocycles. The molecule has 36 heavy (non-hydrogen) atoms. The summed E-state index contributed by atoms with van der Waals surface area (Å²) in [5.41, 5.74) is 6.67. The van der Waals surface area contributed by atoms with Crippen molar-refractivity contribution in [2.45, 2.75) is 4.90 Å². The zero-order valence-electron chi connectivity index (χ0n) is 19.2. The number of furan rings is 1. The van der Waals surface area contributed by atoms with Gasteiger partial charge in [0.15, 0.2) is 5.65 Å². The number of hydrogen-bond donors (Lipinski definition) is 0. The van der Waals surface area contributed by atoms with Gasteiger partial charge in [0, 0.05) is 39.0 Å². The summed E-state index contributed by atoms with van der Waals surface area (Å²) >= 11 is 1.30. The van der Waals surface area contributed by atoms with Crippen LogP contribution in [0.4, 0.5) is 0 Å². The third kappa shape index (κ3) is 3.53. The number of para-hydroxylation sites is 2. The van der Waals surface area contributed by atoms with Gasteiger partial charge in [0.05, 0.1) is 11.1 Å². The lowest BCUT2D eigenvalue weighted by molar-refractivity contribution is 0.338. The lowest BCUT2D eigenvalue weighted by Gasteiger charge is -2.06. The van der Waals surface area contributed by atoms with Crippen LogP contribution in [-0.2, 0) is 0 Å². The molecule has 7 rings (SSSR count). The van der Waals surface area contributed by atoms with Gasteiger partial charge in [0.1, 0.15) is 23.2 Å². The number of fused-ring (bicyclic) bond motifs is 4. The van der Waals surface area contributed by atoms with Gasteiger partial charge in [-0.15, -0.1) is 0 Å². The van der Waals surface area contributed by atoms with Crippen molar-refractivity contribution in [1.29, 1.82) is 0 Å². The minimum absolute atomic E-state index is 0.751. The van der Waals surface area contributed by atoms with E-state index >= 15 is 0 Å². The van der Waals surface area contributed by atoms with Gasteiger partial charge < -0.3 is 8.70 Å². The van der Waals surface area contributed by atoms with Crippen LogP contribution < -0.4 is 4.28 Å². The van der Waals surface area contributed by atoms with E-state index < -0.39 is 0 Å². The highest BCUT2D eigenvalue weighted by Crippen LogP contribution is 2.39. The van der Waals surface area contributed by atoms with Crippen molar-refractivity contribution in [1.82, 2.24) is 9.71 Å². The highest BCUT2D eigenvalue weighted by Gasteiger charge is 2.19. The van der Waals surface area contributed by atoms with E-state index in [1.165, 1.54) is 12.0 Å². The van der Waals surface area contributed by atoms with E-state index in [1.54, 1.807) is 4.73 Å². The summed E-state index contributed by atoms with van der Waals surface area (Å²) < 4.78 is 14.3. The molecule has 0 radical (unpaired) electrons. The second-order valence-corrected chi connectivity index (χ2v) is 9.37. The fraction of sp³-hybridized carbons (Fsp3) is 0. The number of hydrogen-bond acceptors (Lipinski definition) is 4. The average Bonchev–Trinajstić information content (AvgIpc) is 3.51. The normalized spacial score (nSPS) is 11.4. The minimum Gasteiger partial charge on any atom is -0.455 e. The Morgan fingerprint density at radius 3 is 2.28 bits per heavy atom. The van der Waals surface area contributed by atoms with E-state index in [4.69, 9.17) is 13.7 Å². The molecule has 0 saturated heterocycles. The van der Waals surface area contributed by atoms with Gasteiger partial charge in [-0.3, -0.25) is 0 Å². The summed E-state index contributed by atoms with van der Waals surface area (Å²) in [5.74, 6) is 0. The van der Waals surface area contributed by atoms with E-state index in [1.807, 2.05) is 79.1 Å². The van der Waals surface area contributed by atoms with Crippen molar-refractivity contribution in [3.05, 3.63) is 122 Å². The lowest BCUT2D eigenvalue weighted by atomic mass is 10.0. The molecule has 0 unspecified atom stereocenters. The summed E-state index contributed by atoms with van der Waals surface area (Å²) in [6, 6.07) is 37.0. The maximum Gasteiger partial charge on any atom is 0.177 e. The van der Waals surface area contributed by atoms with E-state index in [2.05, 4.69) is 42.5 Å². The summed E-state index contributed by atoms with van der Waals surface area (Å²) in [6.07, 6.45) is 3.90. The van der Waals surface area contributed by atoms with Crippen LogP contribution in [0, 0.1) is 0 Å². The molecule has 0 N–H and O–H groups in total. The lowest BCUT2D eigenvalue weighted by Crippen LogP contribution is -2.02. The molecule has 0 aliphatic rings. The Hall–Kier alpha value is -4.48. The van der Waals surface area contributed by atoms with Crippen molar-refractivity contribution in [3.63, 3.8) is 0 Å². The third-order valence-corrected chi connectivity index (χ3v) is 7.07. The molecule has 0 spiro atoms. The number of pyridine rings is 1. The van der Waals surface area contributed by atoms with Crippen molar-refractivity contribution in [3.8, 4) is 22.3 Å². The van der Waals surface area contributed by atoms with E-state index in [-0.39, 0.29) is 0 Å². The molecule has 3 aromatic heterocycles. The Morgan fingerprint density at radius 1 is 0.667 bits per heavy atom. The first-order chi connectivity index (χ1) is 17.8. The smallest absolute Gasteiger partial charge is 0.177 e. The Balaban J connectivity index is 1.43. The second-order valence-electron chi connectivity index (χ2n) is 8.58. The van der Waals surface area contributed by atoms with Crippen LogP contribution >= 0.6 is 12.0 Å². The Morgan fingerprint density at radius 2 is 1.42 bits per heavy atom. The summed E-state index contributed by atoms with van der Waals surface area (Å²) in [7, 11) is 0. The monoisotopic (exact) mass is 484 g/mol.